The highest BCUT2D eigenvalue weighted by atomic mass is 32.2. The molecule has 0 bridgehead atoms. The summed E-state index contributed by atoms with van der Waals surface area (Å²) >= 11 is 1.07. The standard InChI is InChI=1S/C14H12N4O4S/c15-11-4-12(20)18-14(17-11)23-6-9(19)7-1-2-10-8(3-7)16-13(21)5-22-10/h1-4H,5-6H2,(H,16,21)(H3,15,17,18,20). The molecule has 0 saturated carbocycles. The van der Waals surface area contributed by atoms with Gasteiger partial charge in [-0.1, -0.05) is 11.8 Å². The average molecular weight is 332 g/mol. The highest BCUT2D eigenvalue weighted by molar-refractivity contribution is 7.99. The van der Waals surface area contributed by atoms with Crippen LogP contribution in [0.5, 0.6) is 5.75 Å². The lowest BCUT2D eigenvalue weighted by Crippen LogP contribution is -2.25. The zero-order chi connectivity index (χ0) is 16.4. The van der Waals surface area contributed by atoms with Gasteiger partial charge in [-0.15, -0.1) is 0 Å². The molecule has 1 aromatic carbocycles. The predicted octanol–water partition coefficient (Wildman–Crippen LogP) is 0.658. The van der Waals surface area contributed by atoms with E-state index in [2.05, 4.69) is 15.3 Å². The molecule has 4 N–H and O–H groups in total. The van der Waals surface area contributed by atoms with E-state index in [1.165, 1.54) is 0 Å². The Morgan fingerprint density at radius 2 is 2.17 bits per heavy atom. The summed E-state index contributed by atoms with van der Waals surface area (Å²) in [6.07, 6.45) is 0. The maximum Gasteiger partial charge on any atom is 0.262 e. The zero-order valence-corrected chi connectivity index (χ0v) is 12.6. The van der Waals surface area contributed by atoms with Crippen molar-refractivity contribution in [2.24, 2.45) is 0 Å². The quantitative estimate of drug-likeness (QED) is 0.426. The van der Waals surface area contributed by atoms with E-state index in [1.54, 1.807) is 18.2 Å². The molecular formula is C14H12N4O4S. The molecule has 9 heteroatoms. The van der Waals surface area contributed by atoms with Crippen LogP contribution in [0.15, 0.2) is 34.2 Å². The number of nitrogens with zero attached hydrogens (tertiary/aromatic N) is 1. The third-order valence-corrected chi connectivity index (χ3v) is 3.89. The highest BCUT2D eigenvalue weighted by Crippen LogP contribution is 2.29. The van der Waals surface area contributed by atoms with E-state index in [0.29, 0.717) is 17.0 Å². The van der Waals surface area contributed by atoms with Crippen LogP contribution < -0.4 is 21.3 Å². The van der Waals surface area contributed by atoms with Crippen molar-refractivity contribution in [2.75, 3.05) is 23.4 Å². The number of anilines is 2. The van der Waals surface area contributed by atoms with E-state index in [9.17, 15) is 14.4 Å². The lowest BCUT2D eigenvalue weighted by Gasteiger charge is -2.18. The summed E-state index contributed by atoms with van der Waals surface area (Å²) in [5.41, 5.74) is 6.00. The van der Waals surface area contributed by atoms with E-state index in [0.717, 1.165) is 17.8 Å². The second kappa shape index (κ2) is 6.13. The number of fused-ring (bicyclic) bond motifs is 1. The minimum atomic E-state index is -0.374. The molecule has 0 saturated heterocycles. The fourth-order valence-electron chi connectivity index (χ4n) is 2.00. The summed E-state index contributed by atoms with van der Waals surface area (Å²) in [5, 5.41) is 2.92. The molecule has 0 spiro atoms. The number of carbonyl (C=O) groups is 2. The van der Waals surface area contributed by atoms with Gasteiger partial charge in [0.15, 0.2) is 17.5 Å². The minimum Gasteiger partial charge on any atom is -0.482 e. The number of amides is 1. The molecule has 0 aliphatic carbocycles. The van der Waals surface area contributed by atoms with Gasteiger partial charge in [-0.2, -0.15) is 0 Å². The Kier molecular flexibility index (Phi) is 4.02. The summed E-state index contributed by atoms with van der Waals surface area (Å²) in [5.74, 6) is 0.244. The van der Waals surface area contributed by atoms with E-state index in [1.807, 2.05) is 0 Å². The van der Waals surface area contributed by atoms with Crippen LogP contribution in [-0.2, 0) is 4.79 Å². The number of H-pyrrole nitrogens is 1. The number of aromatic nitrogens is 2. The number of rotatable bonds is 4. The Labute approximate surface area is 134 Å². The number of hydrogen-bond donors (Lipinski definition) is 3. The van der Waals surface area contributed by atoms with Crippen molar-refractivity contribution >= 4 is 35.0 Å². The van der Waals surface area contributed by atoms with Crippen molar-refractivity contribution in [3.63, 3.8) is 0 Å². The van der Waals surface area contributed by atoms with Crippen LogP contribution in [-0.4, -0.2) is 34.0 Å². The lowest BCUT2D eigenvalue weighted by atomic mass is 10.1. The van der Waals surface area contributed by atoms with Gasteiger partial charge in [0.25, 0.3) is 11.5 Å². The number of thioether (sulfide) groups is 1. The molecule has 0 radical (unpaired) electrons. The van der Waals surface area contributed by atoms with Crippen LogP contribution >= 0.6 is 11.8 Å². The molecule has 2 aromatic rings. The van der Waals surface area contributed by atoms with E-state index in [4.69, 9.17) is 10.5 Å². The van der Waals surface area contributed by atoms with Gasteiger partial charge in [0.05, 0.1) is 11.4 Å². The van der Waals surface area contributed by atoms with Crippen molar-refractivity contribution in [3.05, 3.63) is 40.2 Å². The molecule has 0 unspecified atom stereocenters. The first kappa shape index (κ1) is 15.1. The summed E-state index contributed by atoms with van der Waals surface area (Å²) in [7, 11) is 0. The van der Waals surface area contributed by atoms with Crippen molar-refractivity contribution < 1.29 is 14.3 Å². The van der Waals surface area contributed by atoms with Gasteiger partial charge >= 0.3 is 0 Å². The first-order chi connectivity index (χ1) is 11.0. The number of hydrogen-bond acceptors (Lipinski definition) is 7. The number of nitrogens with one attached hydrogen (secondary N) is 2. The monoisotopic (exact) mass is 332 g/mol. The van der Waals surface area contributed by atoms with E-state index < -0.39 is 0 Å². The topological polar surface area (TPSA) is 127 Å². The summed E-state index contributed by atoms with van der Waals surface area (Å²) in [4.78, 5) is 41.3. The first-order valence-electron chi connectivity index (χ1n) is 6.61. The van der Waals surface area contributed by atoms with Gasteiger partial charge in [0.2, 0.25) is 0 Å². The Hall–Kier alpha value is -2.81. The average Bonchev–Trinajstić information content (AvgIpc) is 2.51. The Morgan fingerprint density at radius 3 is 2.96 bits per heavy atom. The van der Waals surface area contributed by atoms with Crippen LogP contribution in [0, 0.1) is 0 Å². The normalized spacial score (nSPS) is 13.0. The summed E-state index contributed by atoms with van der Waals surface area (Å²) in [6, 6.07) is 5.98. The second-order valence-corrected chi connectivity index (χ2v) is 5.70. The van der Waals surface area contributed by atoms with Gasteiger partial charge in [-0.25, -0.2) is 4.98 Å². The number of carbonyl (C=O) groups excluding carboxylic acids is 2. The number of nitrogen functional groups attached to an aromatic ring is 1. The van der Waals surface area contributed by atoms with Crippen LogP contribution in [0.1, 0.15) is 10.4 Å². The molecule has 118 valence electrons. The molecule has 1 amide bonds. The summed E-state index contributed by atoms with van der Waals surface area (Å²) < 4.78 is 5.23. The number of benzene rings is 1. The predicted molar refractivity (Wildman–Crippen MR) is 84.9 cm³/mol. The van der Waals surface area contributed by atoms with Crippen molar-refractivity contribution in [3.8, 4) is 5.75 Å². The maximum atomic E-state index is 12.2. The van der Waals surface area contributed by atoms with Crippen molar-refractivity contribution in [2.45, 2.75) is 5.16 Å². The van der Waals surface area contributed by atoms with Gasteiger partial charge in [0.1, 0.15) is 11.6 Å². The van der Waals surface area contributed by atoms with Gasteiger partial charge in [-0.05, 0) is 18.2 Å². The Morgan fingerprint density at radius 1 is 1.35 bits per heavy atom. The van der Waals surface area contributed by atoms with Gasteiger partial charge in [0, 0.05) is 11.6 Å². The summed E-state index contributed by atoms with van der Waals surface area (Å²) in [6.45, 7) is -0.0371. The highest BCUT2D eigenvalue weighted by Gasteiger charge is 2.18. The van der Waals surface area contributed by atoms with Crippen LogP contribution in [0.4, 0.5) is 11.5 Å². The van der Waals surface area contributed by atoms with Crippen LogP contribution in [0.25, 0.3) is 0 Å². The van der Waals surface area contributed by atoms with Crippen molar-refractivity contribution in [1.29, 1.82) is 0 Å². The molecule has 23 heavy (non-hydrogen) atoms. The lowest BCUT2D eigenvalue weighted by molar-refractivity contribution is -0.118. The number of Topliss-reactive ketones (excluding diaryl/α,β-unsaturated/α-hetero) is 1. The third kappa shape index (κ3) is 3.51. The number of aromatic amines is 1. The van der Waals surface area contributed by atoms with Crippen LogP contribution in [0.3, 0.4) is 0 Å². The molecule has 0 fully saturated rings. The largest absolute Gasteiger partial charge is 0.482 e. The molecular weight excluding hydrogens is 320 g/mol. The number of ether oxygens (including phenoxy) is 1. The van der Waals surface area contributed by atoms with E-state index in [-0.39, 0.29) is 40.6 Å². The smallest absolute Gasteiger partial charge is 0.262 e. The van der Waals surface area contributed by atoms with Gasteiger partial charge < -0.3 is 20.8 Å². The maximum absolute atomic E-state index is 12.2. The first-order valence-corrected chi connectivity index (χ1v) is 7.59. The Balaban J connectivity index is 1.72. The SMILES string of the molecule is Nc1cc(=O)[nH]c(SCC(=O)c2ccc3c(c2)NC(=O)CO3)n1. The fourth-order valence-corrected chi connectivity index (χ4v) is 2.77. The molecule has 1 aromatic heterocycles. The zero-order valence-electron chi connectivity index (χ0n) is 11.8. The minimum absolute atomic E-state index is 0.0371. The second-order valence-electron chi connectivity index (χ2n) is 4.74. The molecule has 0 atom stereocenters. The molecule has 3 rings (SSSR count). The van der Waals surface area contributed by atoms with Gasteiger partial charge in [-0.3, -0.25) is 14.4 Å². The van der Waals surface area contributed by atoms with Crippen LogP contribution in [0.2, 0.25) is 0 Å². The van der Waals surface area contributed by atoms with E-state index >= 15 is 0 Å². The van der Waals surface area contributed by atoms with Crippen molar-refractivity contribution in [1.82, 2.24) is 9.97 Å². The molecule has 8 nitrogen and oxygen atoms in total. The number of nitrogens with two attached hydrogens (primary N) is 1. The third-order valence-electron chi connectivity index (χ3n) is 3.01. The fraction of sp³-hybridized carbons (Fsp3) is 0.143. The number of ketones is 1. The molecule has 1 aliphatic rings. The molecule has 2 heterocycles. The molecule has 1 aliphatic heterocycles. The Bertz CT molecular complexity index is 849.